The third kappa shape index (κ3) is 0.334. The van der Waals surface area contributed by atoms with E-state index >= 15 is 0 Å². The lowest BCUT2D eigenvalue weighted by Gasteiger charge is -2.36. The Kier molecular flexibility index (Phi) is 0.516. The molecule has 2 unspecified atom stereocenters. The van der Waals surface area contributed by atoms with Gasteiger partial charge in [0.25, 0.3) is 0 Å². The summed E-state index contributed by atoms with van der Waals surface area (Å²) in [6.45, 7) is 6.97. The third-order valence-corrected chi connectivity index (χ3v) is 2.63. The van der Waals surface area contributed by atoms with Crippen molar-refractivity contribution in [3.63, 3.8) is 0 Å². The van der Waals surface area contributed by atoms with Crippen LogP contribution in [0.5, 0.6) is 0 Å². The fraction of sp³-hybridized carbons (Fsp3) is 1.00. The molecule has 2 fully saturated rings. The van der Waals surface area contributed by atoms with E-state index in [0.717, 1.165) is 6.04 Å². The Morgan fingerprint density at radius 2 is 2.00 bits per heavy atom. The van der Waals surface area contributed by atoms with Crippen LogP contribution in [0.25, 0.3) is 0 Å². The zero-order valence-corrected chi connectivity index (χ0v) is 5.78. The molecular formula is C7H13N. The number of hydrogen-bond donors (Lipinski definition) is 1. The molecule has 0 radical (unpaired) electrons. The van der Waals surface area contributed by atoms with Gasteiger partial charge in [-0.2, -0.15) is 0 Å². The van der Waals surface area contributed by atoms with E-state index in [-0.39, 0.29) is 0 Å². The van der Waals surface area contributed by atoms with Crippen LogP contribution in [-0.2, 0) is 0 Å². The van der Waals surface area contributed by atoms with Crippen LogP contribution < -0.4 is 5.32 Å². The van der Waals surface area contributed by atoms with Crippen LogP contribution >= 0.6 is 0 Å². The molecule has 1 saturated carbocycles. The normalized spacial score (nSPS) is 56.6. The van der Waals surface area contributed by atoms with Crippen molar-refractivity contribution in [1.29, 1.82) is 0 Å². The van der Waals surface area contributed by atoms with Crippen LogP contribution in [-0.4, -0.2) is 11.6 Å². The van der Waals surface area contributed by atoms with E-state index in [1.54, 1.807) is 0 Å². The molecule has 0 spiro atoms. The topological polar surface area (TPSA) is 21.9 Å². The molecule has 2 atom stereocenters. The highest BCUT2D eigenvalue weighted by molar-refractivity contribution is 5.27. The van der Waals surface area contributed by atoms with E-state index in [1.807, 2.05) is 0 Å². The van der Waals surface area contributed by atoms with Crippen molar-refractivity contribution in [3.8, 4) is 0 Å². The predicted molar refractivity (Wildman–Crippen MR) is 33.7 cm³/mol. The van der Waals surface area contributed by atoms with Crippen molar-refractivity contribution < 1.29 is 0 Å². The molecule has 2 aliphatic rings. The number of rotatable bonds is 0. The van der Waals surface area contributed by atoms with E-state index in [2.05, 4.69) is 26.1 Å². The Labute approximate surface area is 50.5 Å². The average molecular weight is 111 g/mol. The van der Waals surface area contributed by atoms with Gasteiger partial charge in [-0.3, -0.25) is 0 Å². The summed E-state index contributed by atoms with van der Waals surface area (Å²) in [5.74, 6) is 0. The summed E-state index contributed by atoms with van der Waals surface area (Å²) in [6, 6.07) is 0.843. The molecular weight excluding hydrogens is 98.1 g/mol. The van der Waals surface area contributed by atoms with Crippen molar-refractivity contribution in [3.05, 3.63) is 0 Å². The first-order valence-corrected chi connectivity index (χ1v) is 3.32. The molecule has 1 heterocycles. The summed E-state index contributed by atoms with van der Waals surface area (Å²) < 4.78 is 0. The fourth-order valence-electron chi connectivity index (χ4n) is 2.42. The second-order valence-electron chi connectivity index (χ2n) is 4.16. The average Bonchev–Trinajstić information content (AvgIpc) is 2.10. The quantitative estimate of drug-likeness (QED) is 0.465. The number of nitrogens with one attached hydrogen (secondary N) is 1. The second-order valence-corrected chi connectivity index (χ2v) is 4.16. The number of hydrogen-bond acceptors (Lipinski definition) is 1. The molecule has 2 rings (SSSR count). The lowest BCUT2D eigenvalue weighted by atomic mass is 9.65. The largest absolute Gasteiger partial charge is 0.305 e. The van der Waals surface area contributed by atoms with Crippen molar-refractivity contribution >= 4 is 0 Å². The Hall–Kier alpha value is -0.0400. The smallest absolute Gasteiger partial charge is 0.0321 e. The molecule has 0 aromatic heterocycles. The van der Waals surface area contributed by atoms with Crippen molar-refractivity contribution in [1.82, 2.24) is 5.32 Å². The Morgan fingerprint density at radius 3 is 2.00 bits per heavy atom. The summed E-state index contributed by atoms with van der Waals surface area (Å²) in [4.78, 5) is 0. The van der Waals surface area contributed by atoms with Gasteiger partial charge in [0.15, 0.2) is 0 Å². The fourth-order valence-corrected chi connectivity index (χ4v) is 2.42. The van der Waals surface area contributed by atoms with Crippen LogP contribution in [0.4, 0.5) is 0 Å². The van der Waals surface area contributed by atoms with Crippen molar-refractivity contribution in [2.24, 2.45) is 5.41 Å². The van der Waals surface area contributed by atoms with E-state index in [4.69, 9.17) is 0 Å². The maximum absolute atomic E-state index is 3.47. The standard InChI is InChI=1S/C7H13N/c1-6(2)4-7(3)5(6)8-7/h5,8H,4H2,1-3H3. The highest BCUT2D eigenvalue weighted by Crippen LogP contribution is 2.57. The van der Waals surface area contributed by atoms with Crippen LogP contribution in [0.1, 0.15) is 27.2 Å². The van der Waals surface area contributed by atoms with Gasteiger partial charge in [0, 0.05) is 11.6 Å². The van der Waals surface area contributed by atoms with Gasteiger partial charge in [0.2, 0.25) is 0 Å². The molecule has 1 heteroatoms. The molecule has 1 aliphatic carbocycles. The summed E-state index contributed by atoms with van der Waals surface area (Å²) in [5, 5.41) is 3.47. The van der Waals surface area contributed by atoms with Gasteiger partial charge < -0.3 is 5.32 Å². The van der Waals surface area contributed by atoms with Crippen LogP contribution in [0, 0.1) is 5.41 Å². The highest BCUT2D eigenvalue weighted by Gasteiger charge is 2.67. The number of fused-ring (bicyclic) bond motifs is 1. The Bertz CT molecular complexity index is 139. The summed E-state index contributed by atoms with van der Waals surface area (Å²) in [5.41, 5.74) is 1.18. The molecule has 46 valence electrons. The van der Waals surface area contributed by atoms with Gasteiger partial charge in [0.05, 0.1) is 0 Å². The Balaban J connectivity index is 2.16. The molecule has 1 aliphatic heterocycles. The molecule has 0 bridgehead atoms. The van der Waals surface area contributed by atoms with E-state index in [1.165, 1.54) is 6.42 Å². The highest BCUT2D eigenvalue weighted by atomic mass is 15.3. The zero-order chi connectivity index (χ0) is 5.99. The summed E-state index contributed by atoms with van der Waals surface area (Å²) in [6.07, 6.45) is 1.37. The van der Waals surface area contributed by atoms with Crippen LogP contribution in [0.2, 0.25) is 0 Å². The molecule has 1 nitrogen and oxygen atoms in total. The monoisotopic (exact) mass is 111 g/mol. The minimum atomic E-state index is 0.573. The first-order valence-electron chi connectivity index (χ1n) is 3.32. The van der Waals surface area contributed by atoms with E-state index in [9.17, 15) is 0 Å². The maximum atomic E-state index is 3.47. The van der Waals surface area contributed by atoms with Gasteiger partial charge >= 0.3 is 0 Å². The molecule has 1 N–H and O–H groups in total. The predicted octanol–water partition coefficient (Wildman–Crippen LogP) is 1.15. The summed E-state index contributed by atoms with van der Waals surface area (Å²) >= 11 is 0. The van der Waals surface area contributed by atoms with E-state index in [0.29, 0.717) is 11.0 Å². The van der Waals surface area contributed by atoms with Gasteiger partial charge in [-0.15, -0.1) is 0 Å². The van der Waals surface area contributed by atoms with Gasteiger partial charge in [-0.25, -0.2) is 0 Å². The molecule has 0 aromatic rings. The second kappa shape index (κ2) is 0.860. The molecule has 0 aromatic carbocycles. The first-order chi connectivity index (χ1) is 3.55. The molecule has 8 heavy (non-hydrogen) atoms. The Morgan fingerprint density at radius 1 is 1.38 bits per heavy atom. The van der Waals surface area contributed by atoms with Crippen molar-refractivity contribution in [2.75, 3.05) is 0 Å². The SMILES string of the molecule is CC1(C)CC2(C)NC12. The first kappa shape index (κ1) is 4.80. The lowest BCUT2D eigenvalue weighted by molar-refractivity contribution is 0.199. The minimum Gasteiger partial charge on any atom is -0.305 e. The van der Waals surface area contributed by atoms with Gasteiger partial charge in [0.1, 0.15) is 0 Å². The minimum absolute atomic E-state index is 0.573. The van der Waals surface area contributed by atoms with Crippen LogP contribution in [0.3, 0.4) is 0 Å². The molecule has 1 saturated heterocycles. The summed E-state index contributed by atoms with van der Waals surface area (Å²) in [7, 11) is 0. The lowest BCUT2D eigenvalue weighted by Crippen LogP contribution is -2.40. The zero-order valence-electron chi connectivity index (χ0n) is 5.78. The van der Waals surface area contributed by atoms with Gasteiger partial charge in [-0.1, -0.05) is 13.8 Å². The van der Waals surface area contributed by atoms with Crippen molar-refractivity contribution in [2.45, 2.75) is 38.8 Å². The van der Waals surface area contributed by atoms with Gasteiger partial charge in [-0.05, 0) is 18.8 Å². The third-order valence-electron chi connectivity index (χ3n) is 2.63. The maximum Gasteiger partial charge on any atom is 0.0321 e. The van der Waals surface area contributed by atoms with Crippen LogP contribution in [0.15, 0.2) is 0 Å². The van der Waals surface area contributed by atoms with E-state index < -0.39 is 0 Å². The molecule has 0 amide bonds.